The van der Waals surface area contributed by atoms with Crippen molar-refractivity contribution in [3.05, 3.63) is 92.4 Å². The van der Waals surface area contributed by atoms with E-state index >= 15 is 0 Å². The zero-order valence-electron chi connectivity index (χ0n) is 21.6. The van der Waals surface area contributed by atoms with E-state index in [1.807, 2.05) is 26.0 Å². The van der Waals surface area contributed by atoms with Crippen molar-refractivity contribution in [2.75, 3.05) is 12.4 Å². The van der Waals surface area contributed by atoms with Gasteiger partial charge in [-0.1, -0.05) is 66.0 Å². The highest BCUT2D eigenvalue weighted by Gasteiger charge is 2.59. The Hall–Kier alpha value is -2.29. The van der Waals surface area contributed by atoms with Crippen LogP contribution in [0.15, 0.2) is 70.6 Å². The van der Waals surface area contributed by atoms with Gasteiger partial charge in [0.05, 0.1) is 27.8 Å². The van der Waals surface area contributed by atoms with Gasteiger partial charge in [-0.2, -0.15) is 0 Å². The average molecular weight is 628 g/mol. The molecule has 0 spiro atoms. The van der Waals surface area contributed by atoms with Crippen LogP contribution >= 0.6 is 46.4 Å². The lowest BCUT2D eigenvalue weighted by atomic mass is 9.71. The lowest BCUT2D eigenvalue weighted by Gasteiger charge is -2.44. The lowest BCUT2D eigenvalue weighted by Crippen LogP contribution is -2.53. The number of amides is 1. The van der Waals surface area contributed by atoms with Gasteiger partial charge in [-0.15, -0.1) is 0 Å². The van der Waals surface area contributed by atoms with Crippen LogP contribution in [-0.2, 0) is 20.9 Å². The molecule has 4 rings (SSSR count). The molecule has 0 bridgehead atoms. The van der Waals surface area contributed by atoms with Crippen molar-refractivity contribution in [3.63, 3.8) is 0 Å². The minimum Gasteiger partial charge on any atom is -0.493 e. The highest BCUT2D eigenvalue weighted by Crippen LogP contribution is 2.54. The molecule has 2 unspecified atom stereocenters. The van der Waals surface area contributed by atoms with E-state index < -0.39 is 26.3 Å². The van der Waals surface area contributed by atoms with Gasteiger partial charge in [-0.05, 0) is 73.8 Å². The van der Waals surface area contributed by atoms with Crippen LogP contribution in [0.2, 0.25) is 15.1 Å². The van der Waals surface area contributed by atoms with Gasteiger partial charge in [0.2, 0.25) is 0 Å². The number of hydrogen-bond acceptors (Lipinski definition) is 5. The number of carbonyl (C=O) groups excluding carboxylic acids is 1. The molecule has 6 nitrogen and oxygen atoms in total. The van der Waals surface area contributed by atoms with Crippen molar-refractivity contribution in [1.29, 1.82) is 0 Å². The summed E-state index contributed by atoms with van der Waals surface area (Å²) in [5, 5.41) is 0.242. The fourth-order valence-electron chi connectivity index (χ4n) is 4.92. The van der Waals surface area contributed by atoms with E-state index in [1.165, 1.54) is 24.0 Å². The number of sulfone groups is 1. The van der Waals surface area contributed by atoms with Crippen LogP contribution in [0.25, 0.3) is 0 Å². The van der Waals surface area contributed by atoms with E-state index in [0.29, 0.717) is 15.6 Å². The third-order valence-corrected chi connectivity index (χ3v) is 10.1. The van der Waals surface area contributed by atoms with E-state index in [1.54, 1.807) is 43.3 Å². The highest BCUT2D eigenvalue weighted by molar-refractivity contribution is 7.91. The Balaban J connectivity index is 2.11. The summed E-state index contributed by atoms with van der Waals surface area (Å²) in [5.41, 5.74) is -0.591. The Bertz CT molecular complexity index is 1560. The Labute approximate surface area is 248 Å². The quantitative estimate of drug-likeness (QED) is 0.196. The van der Waals surface area contributed by atoms with Gasteiger partial charge in [0, 0.05) is 16.1 Å². The second-order valence-corrected chi connectivity index (χ2v) is 13.1. The fourth-order valence-corrected chi connectivity index (χ4v) is 6.89. The number of carbonyl (C=O) groups is 1. The van der Waals surface area contributed by atoms with Crippen molar-refractivity contribution < 1.29 is 17.9 Å². The summed E-state index contributed by atoms with van der Waals surface area (Å²) in [6.45, 7) is 7.30. The monoisotopic (exact) mass is 626 g/mol. The van der Waals surface area contributed by atoms with Crippen molar-refractivity contribution in [2.45, 2.75) is 43.7 Å². The zero-order valence-corrected chi connectivity index (χ0v) is 25.5. The van der Waals surface area contributed by atoms with Crippen LogP contribution in [0.5, 0.6) is 5.75 Å². The third kappa shape index (κ3) is 5.04. The maximum Gasteiger partial charge on any atom is 0.322 e. The fraction of sp³-hybridized carbons (Fsp3) is 0.286. The van der Waals surface area contributed by atoms with Gasteiger partial charge in [0.25, 0.3) is 0 Å². The molecule has 206 valence electrons. The molecular formula is C28H26Cl4N2O4S. The molecule has 0 saturated carbocycles. The molecule has 0 aliphatic carbocycles. The van der Waals surface area contributed by atoms with Crippen LogP contribution in [0, 0.1) is 0 Å². The summed E-state index contributed by atoms with van der Waals surface area (Å²) in [6.07, 6.45) is 0. The van der Waals surface area contributed by atoms with Gasteiger partial charge in [0.15, 0.2) is 9.84 Å². The number of nitrogens with zero attached hydrogens (tertiary/aromatic N) is 2. The molecular weight excluding hydrogens is 602 g/mol. The molecule has 3 aromatic carbocycles. The first-order chi connectivity index (χ1) is 18.3. The minimum atomic E-state index is -3.73. The van der Waals surface area contributed by atoms with Crippen molar-refractivity contribution in [1.82, 2.24) is 4.90 Å². The normalized spacial score (nSPS) is 21.1. The molecule has 11 heteroatoms. The summed E-state index contributed by atoms with van der Waals surface area (Å²) < 4.78 is 31.7. The number of aliphatic imine (C=N–C) groups is 1. The predicted molar refractivity (Wildman–Crippen MR) is 158 cm³/mol. The first-order valence-corrected chi connectivity index (χ1v) is 15.3. The van der Waals surface area contributed by atoms with Gasteiger partial charge < -0.3 is 4.74 Å². The SMILES string of the molecule is CCOc1cc(Cl)c(S(=O)(=O)CC)cc1C1=NC(C)(c2ccc(Cl)cc2)C(C)(c2ccc(Cl)cc2)N1C(=O)Cl. The summed E-state index contributed by atoms with van der Waals surface area (Å²) in [4.78, 5) is 19.7. The van der Waals surface area contributed by atoms with E-state index in [0.717, 1.165) is 5.56 Å². The number of rotatable bonds is 7. The second kappa shape index (κ2) is 10.9. The molecule has 39 heavy (non-hydrogen) atoms. The van der Waals surface area contributed by atoms with Crippen LogP contribution in [0.4, 0.5) is 4.79 Å². The zero-order chi connectivity index (χ0) is 28.8. The molecule has 1 heterocycles. The van der Waals surface area contributed by atoms with E-state index in [4.69, 9.17) is 56.1 Å². The number of benzene rings is 3. The van der Waals surface area contributed by atoms with Gasteiger partial charge in [-0.3, -0.25) is 14.7 Å². The van der Waals surface area contributed by atoms with Crippen molar-refractivity contribution >= 4 is 67.4 Å². The molecule has 0 N–H and O–H groups in total. The van der Waals surface area contributed by atoms with Gasteiger partial charge in [-0.25, -0.2) is 8.42 Å². The summed E-state index contributed by atoms with van der Waals surface area (Å²) >= 11 is 25.1. The summed E-state index contributed by atoms with van der Waals surface area (Å²) in [6, 6.07) is 17.0. The predicted octanol–water partition coefficient (Wildman–Crippen LogP) is 8.09. The number of amidine groups is 1. The molecule has 1 aliphatic heterocycles. The molecule has 0 fully saturated rings. The van der Waals surface area contributed by atoms with Crippen LogP contribution < -0.4 is 4.74 Å². The van der Waals surface area contributed by atoms with Crippen LogP contribution in [0.1, 0.15) is 44.4 Å². The van der Waals surface area contributed by atoms with E-state index in [2.05, 4.69) is 0 Å². The Kier molecular flexibility index (Phi) is 8.33. The molecule has 3 aromatic rings. The second-order valence-electron chi connectivity index (χ2n) is 9.30. The summed E-state index contributed by atoms with van der Waals surface area (Å²) in [5.74, 6) is 0.228. The molecule has 1 aliphatic rings. The largest absolute Gasteiger partial charge is 0.493 e. The Morgan fingerprint density at radius 3 is 1.95 bits per heavy atom. The van der Waals surface area contributed by atoms with Gasteiger partial charge >= 0.3 is 5.37 Å². The molecule has 0 radical (unpaired) electrons. The number of hydrogen-bond donors (Lipinski definition) is 0. The standard InChI is InChI=1S/C28H26Cl4N2O4S/c1-5-38-23-16-22(31)24(39(36,37)6-2)15-21(23)25-33-27(3,17-7-11-19(29)12-8-17)28(4,34(25)26(32)35)18-9-13-20(30)14-10-18/h7-16H,5-6H2,1-4H3. The Morgan fingerprint density at radius 2 is 1.46 bits per heavy atom. The van der Waals surface area contributed by atoms with Crippen molar-refractivity contribution in [3.8, 4) is 5.75 Å². The van der Waals surface area contributed by atoms with E-state index in [-0.39, 0.29) is 39.4 Å². The highest BCUT2D eigenvalue weighted by atomic mass is 35.5. The number of ether oxygens (including phenoxy) is 1. The van der Waals surface area contributed by atoms with Crippen molar-refractivity contribution in [2.24, 2.45) is 4.99 Å². The first-order valence-electron chi connectivity index (χ1n) is 12.1. The van der Waals surface area contributed by atoms with Gasteiger partial charge in [0.1, 0.15) is 22.7 Å². The molecule has 0 saturated heterocycles. The topological polar surface area (TPSA) is 76.0 Å². The van der Waals surface area contributed by atoms with Crippen LogP contribution in [-0.4, -0.2) is 36.9 Å². The smallest absolute Gasteiger partial charge is 0.322 e. The van der Waals surface area contributed by atoms with E-state index in [9.17, 15) is 13.2 Å². The maximum absolute atomic E-state index is 13.3. The lowest BCUT2D eigenvalue weighted by molar-refractivity contribution is 0.149. The summed E-state index contributed by atoms with van der Waals surface area (Å²) in [7, 11) is -3.73. The number of halogens is 4. The average Bonchev–Trinajstić information content (AvgIpc) is 3.13. The Morgan fingerprint density at radius 1 is 0.923 bits per heavy atom. The molecule has 0 aromatic heterocycles. The first kappa shape index (κ1) is 29.7. The molecule has 1 amide bonds. The maximum atomic E-state index is 13.3. The third-order valence-electron chi connectivity index (χ3n) is 7.21. The van der Waals surface area contributed by atoms with Crippen LogP contribution in [0.3, 0.4) is 0 Å². The molecule has 2 atom stereocenters. The minimum absolute atomic E-state index is 0.00678.